The fourth-order valence-electron chi connectivity index (χ4n) is 1.44. The average molecular weight is 282 g/mol. The van der Waals surface area contributed by atoms with Gasteiger partial charge in [-0.3, -0.25) is 14.4 Å². The standard InChI is InChI=1S/C12H14N2O6/c1-6-3-9(15)7(5-13-6)11(17)14-8(12(18)19)4-10(16)20-2/h3,5,8H,4H2,1-2H3,(H,13,15)(H,14,17)(H,18,19)/t8-/m0/s1. The zero-order valence-corrected chi connectivity index (χ0v) is 10.9. The molecule has 0 radical (unpaired) electrons. The summed E-state index contributed by atoms with van der Waals surface area (Å²) in [4.78, 5) is 48.1. The molecule has 1 aromatic heterocycles. The number of carboxylic acid groups (broad SMARTS) is 1. The van der Waals surface area contributed by atoms with Crippen LogP contribution in [0.25, 0.3) is 0 Å². The molecule has 0 saturated carbocycles. The highest BCUT2D eigenvalue weighted by Crippen LogP contribution is 1.98. The number of nitrogens with one attached hydrogen (secondary N) is 2. The number of H-pyrrole nitrogens is 1. The molecule has 0 bridgehead atoms. The minimum Gasteiger partial charge on any atom is -0.480 e. The Bertz CT molecular complexity index is 592. The minimum atomic E-state index is -1.46. The van der Waals surface area contributed by atoms with Gasteiger partial charge in [-0.15, -0.1) is 0 Å². The highest BCUT2D eigenvalue weighted by molar-refractivity contribution is 5.97. The maximum Gasteiger partial charge on any atom is 0.326 e. The normalized spacial score (nSPS) is 11.5. The Morgan fingerprint density at radius 2 is 2.10 bits per heavy atom. The second kappa shape index (κ2) is 6.50. The lowest BCUT2D eigenvalue weighted by atomic mass is 10.1. The summed E-state index contributed by atoms with van der Waals surface area (Å²) >= 11 is 0. The van der Waals surface area contributed by atoms with Crippen molar-refractivity contribution in [2.24, 2.45) is 0 Å². The smallest absolute Gasteiger partial charge is 0.326 e. The van der Waals surface area contributed by atoms with Crippen LogP contribution in [0.5, 0.6) is 0 Å². The zero-order chi connectivity index (χ0) is 15.3. The van der Waals surface area contributed by atoms with Crippen LogP contribution in [0.3, 0.4) is 0 Å². The van der Waals surface area contributed by atoms with Crippen molar-refractivity contribution in [2.45, 2.75) is 19.4 Å². The number of hydrogen-bond acceptors (Lipinski definition) is 5. The maximum absolute atomic E-state index is 11.8. The molecule has 1 aromatic rings. The average Bonchev–Trinajstić information content (AvgIpc) is 2.37. The van der Waals surface area contributed by atoms with Crippen molar-refractivity contribution in [3.63, 3.8) is 0 Å². The SMILES string of the molecule is COC(=O)C[C@H](NC(=O)c1c[nH]c(C)cc1=O)C(=O)O. The molecule has 0 fully saturated rings. The van der Waals surface area contributed by atoms with E-state index in [1.807, 2.05) is 0 Å². The number of aliphatic carboxylic acids is 1. The van der Waals surface area contributed by atoms with Gasteiger partial charge in [0.25, 0.3) is 5.91 Å². The number of ether oxygens (including phenoxy) is 1. The van der Waals surface area contributed by atoms with Crippen LogP contribution in [0.1, 0.15) is 22.5 Å². The summed E-state index contributed by atoms with van der Waals surface area (Å²) in [6.07, 6.45) is 0.658. The van der Waals surface area contributed by atoms with Crippen LogP contribution in [-0.2, 0) is 14.3 Å². The molecule has 0 aliphatic carbocycles. The van der Waals surface area contributed by atoms with Gasteiger partial charge in [-0.2, -0.15) is 0 Å². The predicted octanol–water partition coefficient (Wildman–Crippen LogP) is -0.571. The Labute approximate surface area is 113 Å². The van der Waals surface area contributed by atoms with Crippen molar-refractivity contribution in [2.75, 3.05) is 7.11 Å². The van der Waals surface area contributed by atoms with Gasteiger partial charge < -0.3 is 20.1 Å². The first-order valence-electron chi connectivity index (χ1n) is 5.65. The minimum absolute atomic E-state index is 0.230. The maximum atomic E-state index is 11.8. The van der Waals surface area contributed by atoms with Crippen molar-refractivity contribution in [1.82, 2.24) is 10.3 Å². The van der Waals surface area contributed by atoms with Gasteiger partial charge in [0.1, 0.15) is 11.6 Å². The number of esters is 1. The Kier molecular flexibility index (Phi) is 5.01. The number of pyridine rings is 1. The van der Waals surface area contributed by atoms with E-state index in [0.717, 1.165) is 7.11 Å². The molecule has 0 aliphatic rings. The van der Waals surface area contributed by atoms with Gasteiger partial charge in [-0.1, -0.05) is 0 Å². The first-order valence-corrected chi connectivity index (χ1v) is 5.65. The quantitative estimate of drug-likeness (QED) is 0.621. The van der Waals surface area contributed by atoms with Gasteiger partial charge >= 0.3 is 11.9 Å². The molecule has 3 N–H and O–H groups in total. The lowest BCUT2D eigenvalue weighted by Crippen LogP contribution is -2.43. The second-order valence-electron chi connectivity index (χ2n) is 4.04. The summed E-state index contributed by atoms with van der Waals surface area (Å²) in [7, 11) is 1.10. The third-order valence-corrected chi connectivity index (χ3v) is 2.50. The fraction of sp³-hybridized carbons (Fsp3) is 0.333. The van der Waals surface area contributed by atoms with Crippen LogP contribution in [0.15, 0.2) is 17.1 Å². The molecule has 0 unspecified atom stereocenters. The Balaban J connectivity index is 2.88. The summed E-state index contributed by atoms with van der Waals surface area (Å²) in [6, 6.07) is -0.249. The van der Waals surface area contributed by atoms with Gasteiger partial charge in [0.15, 0.2) is 5.43 Å². The molecule has 8 nitrogen and oxygen atoms in total. The molecule has 1 amide bonds. The molecule has 108 valence electrons. The summed E-state index contributed by atoms with van der Waals surface area (Å²) < 4.78 is 4.34. The number of hydrogen-bond donors (Lipinski definition) is 3. The topological polar surface area (TPSA) is 126 Å². The summed E-state index contributed by atoms with van der Waals surface area (Å²) in [6.45, 7) is 1.64. The van der Waals surface area contributed by atoms with Crippen molar-refractivity contribution >= 4 is 17.8 Å². The second-order valence-corrected chi connectivity index (χ2v) is 4.04. The van der Waals surface area contributed by atoms with Gasteiger partial charge in [0.2, 0.25) is 0 Å². The number of aromatic nitrogens is 1. The molecule has 20 heavy (non-hydrogen) atoms. The molecular formula is C12H14N2O6. The number of carbonyl (C=O) groups is 3. The van der Waals surface area contributed by atoms with Gasteiger partial charge in [0, 0.05) is 18.0 Å². The van der Waals surface area contributed by atoms with E-state index >= 15 is 0 Å². The monoisotopic (exact) mass is 282 g/mol. The van der Waals surface area contributed by atoms with Crippen molar-refractivity contribution < 1.29 is 24.2 Å². The number of carboxylic acids is 1. The molecule has 0 aromatic carbocycles. The van der Waals surface area contributed by atoms with Gasteiger partial charge in [-0.25, -0.2) is 4.79 Å². The van der Waals surface area contributed by atoms with E-state index in [-0.39, 0.29) is 5.56 Å². The van der Waals surface area contributed by atoms with Crippen LogP contribution < -0.4 is 10.7 Å². The van der Waals surface area contributed by atoms with Crippen LogP contribution >= 0.6 is 0 Å². The zero-order valence-electron chi connectivity index (χ0n) is 10.9. The molecule has 1 atom stereocenters. The van der Waals surface area contributed by atoms with Crippen LogP contribution in [0.4, 0.5) is 0 Å². The van der Waals surface area contributed by atoms with E-state index in [9.17, 15) is 19.2 Å². The summed E-state index contributed by atoms with van der Waals surface area (Å²) in [5.74, 6) is -3.05. The number of methoxy groups -OCH3 is 1. The first kappa shape index (κ1) is 15.4. The van der Waals surface area contributed by atoms with Crippen LogP contribution in [-0.4, -0.2) is 41.1 Å². The number of amides is 1. The Hall–Kier alpha value is -2.64. The molecule has 8 heteroatoms. The molecule has 1 heterocycles. The lowest BCUT2D eigenvalue weighted by molar-refractivity contribution is -0.147. The van der Waals surface area contributed by atoms with Crippen LogP contribution in [0.2, 0.25) is 0 Å². The molecular weight excluding hydrogens is 268 g/mol. The van der Waals surface area contributed by atoms with Gasteiger partial charge in [-0.05, 0) is 6.92 Å². The third-order valence-electron chi connectivity index (χ3n) is 2.50. The molecule has 0 saturated heterocycles. The number of aromatic amines is 1. The van der Waals surface area contributed by atoms with E-state index in [1.165, 1.54) is 12.3 Å². The highest BCUT2D eigenvalue weighted by atomic mass is 16.5. The van der Waals surface area contributed by atoms with E-state index < -0.39 is 35.7 Å². The number of carbonyl (C=O) groups excluding carboxylic acids is 2. The van der Waals surface area contributed by atoms with E-state index in [2.05, 4.69) is 15.0 Å². The Morgan fingerprint density at radius 3 is 2.60 bits per heavy atom. The van der Waals surface area contributed by atoms with Crippen molar-refractivity contribution in [3.8, 4) is 0 Å². The number of aryl methyl sites for hydroxylation is 1. The molecule has 0 spiro atoms. The fourth-order valence-corrected chi connectivity index (χ4v) is 1.44. The summed E-state index contributed by atoms with van der Waals surface area (Å²) in [5, 5.41) is 11.0. The summed E-state index contributed by atoms with van der Waals surface area (Å²) in [5.41, 5.74) is -0.205. The third kappa shape index (κ3) is 3.94. The van der Waals surface area contributed by atoms with E-state index in [4.69, 9.17) is 5.11 Å². The van der Waals surface area contributed by atoms with E-state index in [0.29, 0.717) is 5.69 Å². The first-order chi connectivity index (χ1) is 9.35. The molecule has 0 aliphatic heterocycles. The van der Waals surface area contributed by atoms with Crippen molar-refractivity contribution in [1.29, 1.82) is 0 Å². The predicted molar refractivity (Wildman–Crippen MR) is 67.3 cm³/mol. The molecule has 1 rings (SSSR count). The highest BCUT2D eigenvalue weighted by Gasteiger charge is 2.25. The Morgan fingerprint density at radius 1 is 1.45 bits per heavy atom. The number of rotatable bonds is 5. The van der Waals surface area contributed by atoms with E-state index in [1.54, 1.807) is 6.92 Å². The largest absolute Gasteiger partial charge is 0.480 e. The lowest BCUT2D eigenvalue weighted by Gasteiger charge is -2.13. The van der Waals surface area contributed by atoms with Crippen LogP contribution in [0, 0.1) is 6.92 Å². The van der Waals surface area contributed by atoms with Gasteiger partial charge in [0.05, 0.1) is 13.5 Å². The van der Waals surface area contributed by atoms with Crippen molar-refractivity contribution in [3.05, 3.63) is 33.7 Å².